The lowest BCUT2D eigenvalue weighted by Crippen LogP contribution is -2.41. The molecule has 0 radical (unpaired) electrons. The van der Waals surface area contributed by atoms with Gasteiger partial charge in [0, 0.05) is 26.2 Å². The summed E-state index contributed by atoms with van der Waals surface area (Å²) in [5.41, 5.74) is 7.32. The van der Waals surface area contributed by atoms with Crippen LogP contribution in [-0.2, 0) is 4.79 Å². The van der Waals surface area contributed by atoms with Crippen LogP contribution in [0.25, 0.3) is 0 Å². The molecule has 1 atom stereocenters. The first-order valence-corrected chi connectivity index (χ1v) is 6.02. The highest BCUT2D eigenvalue weighted by Crippen LogP contribution is 2.32. The fourth-order valence-electron chi connectivity index (χ4n) is 2.55. The molecule has 0 aliphatic carbocycles. The molecule has 0 spiro atoms. The Bertz CT molecular complexity index is 335. The van der Waals surface area contributed by atoms with Crippen molar-refractivity contribution >= 4 is 5.91 Å². The van der Waals surface area contributed by atoms with Crippen molar-refractivity contribution in [1.82, 2.24) is 9.80 Å². The molecule has 1 amide bonds. The van der Waals surface area contributed by atoms with Crippen molar-refractivity contribution in [3.8, 4) is 0 Å². The summed E-state index contributed by atoms with van der Waals surface area (Å²) in [6.45, 7) is 6.09. The minimum Gasteiger partial charge on any atom is -0.361 e. The third-order valence-corrected chi connectivity index (χ3v) is 3.54. The number of hydrogen-bond acceptors (Lipinski definition) is 3. The van der Waals surface area contributed by atoms with Crippen molar-refractivity contribution in [3.05, 3.63) is 11.4 Å². The maximum atomic E-state index is 11.9. The SMILES string of the molecule is CC(C)C(N)C1=C2N(C)CCCN2C(=O)C1. The van der Waals surface area contributed by atoms with Crippen molar-refractivity contribution in [2.75, 3.05) is 20.1 Å². The molecule has 2 aliphatic heterocycles. The van der Waals surface area contributed by atoms with Crippen molar-refractivity contribution in [2.24, 2.45) is 11.7 Å². The molecule has 0 aromatic carbocycles. The van der Waals surface area contributed by atoms with Gasteiger partial charge < -0.3 is 10.6 Å². The van der Waals surface area contributed by atoms with Crippen molar-refractivity contribution in [1.29, 1.82) is 0 Å². The molecule has 2 aliphatic rings. The number of nitrogens with zero attached hydrogens (tertiary/aromatic N) is 2. The fourth-order valence-corrected chi connectivity index (χ4v) is 2.55. The Morgan fingerprint density at radius 2 is 2.00 bits per heavy atom. The zero-order chi connectivity index (χ0) is 11.9. The Morgan fingerprint density at radius 1 is 1.31 bits per heavy atom. The van der Waals surface area contributed by atoms with Gasteiger partial charge in [0.25, 0.3) is 0 Å². The standard InChI is InChI=1S/C12H21N3O/c1-8(2)11(13)9-7-10(16)15-6-4-5-14(3)12(9)15/h8,11H,4-7,13H2,1-3H3. The predicted octanol–water partition coefficient (Wildman–Crippen LogP) is 0.749. The molecule has 4 nitrogen and oxygen atoms in total. The second kappa shape index (κ2) is 4.09. The van der Waals surface area contributed by atoms with Crippen LogP contribution in [-0.4, -0.2) is 41.9 Å². The van der Waals surface area contributed by atoms with Crippen LogP contribution in [0.2, 0.25) is 0 Å². The van der Waals surface area contributed by atoms with Gasteiger partial charge in [0.2, 0.25) is 5.91 Å². The third-order valence-electron chi connectivity index (χ3n) is 3.54. The van der Waals surface area contributed by atoms with Gasteiger partial charge in [0.05, 0.1) is 6.42 Å². The molecule has 0 aromatic rings. The highest BCUT2D eigenvalue weighted by Gasteiger charge is 2.37. The van der Waals surface area contributed by atoms with Gasteiger partial charge in [-0.15, -0.1) is 0 Å². The van der Waals surface area contributed by atoms with Crippen LogP contribution in [0.4, 0.5) is 0 Å². The summed E-state index contributed by atoms with van der Waals surface area (Å²) < 4.78 is 0. The summed E-state index contributed by atoms with van der Waals surface area (Å²) in [5.74, 6) is 1.68. The van der Waals surface area contributed by atoms with Crippen LogP contribution in [0.15, 0.2) is 11.4 Å². The number of nitrogens with two attached hydrogens (primary N) is 1. The van der Waals surface area contributed by atoms with E-state index in [1.54, 1.807) is 0 Å². The van der Waals surface area contributed by atoms with Gasteiger partial charge in [-0.05, 0) is 17.9 Å². The Balaban J connectivity index is 2.34. The van der Waals surface area contributed by atoms with Crippen LogP contribution in [0.3, 0.4) is 0 Å². The summed E-state index contributed by atoms with van der Waals surface area (Å²) in [6, 6.07) is 0.00417. The number of rotatable bonds is 2. The molecule has 1 unspecified atom stereocenters. The summed E-state index contributed by atoms with van der Waals surface area (Å²) in [4.78, 5) is 16.0. The molecular weight excluding hydrogens is 202 g/mol. The number of carbonyl (C=O) groups is 1. The lowest BCUT2D eigenvalue weighted by Gasteiger charge is -2.35. The van der Waals surface area contributed by atoms with Crippen LogP contribution in [0, 0.1) is 5.92 Å². The van der Waals surface area contributed by atoms with Gasteiger partial charge >= 0.3 is 0 Å². The predicted molar refractivity (Wildman–Crippen MR) is 63.4 cm³/mol. The number of carbonyl (C=O) groups excluding carboxylic acids is 1. The monoisotopic (exact) mass is 223 g/mol. The van der Waals surface area contributed by atoms with Crippen LogP contribution in [0.1, 0.15) is 26.7 Å². The van der Waals surface area contributed by atoms with Gasteiger partial charge in [-0.1, -0.05) is 13.8 Å². The minimum absolute atomic E-state index is 0.00417. The summed E-state index contributed by atoms with van der Waals surface area (Å²) in [7, 11) is 2.05. The Kier molecular flexibility index (Phi) is 2.93. The summed E-state index contributed by atoms with van der Waals surface area (Å²) in [6.07, 6.45) is 1.56. The van der Waals surface area contributed by atoms with Gasteiger partial charge in [-0.2, -0.15) is 0 Å². The van der Waals surface area contributed by atoms with E-state index in [9.17, 15) is 4.79 Å². The van der Waals surface area contributed by atoms with E-state index in [1.807, 2.05) is 11.9 Å². The maximum absolute atomic E-state index is 11.9. The van der Waals surface area contributed by atoms with E-state index in [4.69, 9.17) is 5.73 Å². The molecule has 2 N–H and O–H groups in total. The van der Waals surface area contributed by atoms with Crippen LogP contribution < -0.4 is 5.73 Å². The van der Waals surface area contributed by atoms with Gasteiger partial charge in [0.1, 0.15) is 5.82 Å². The molecule has 4 heteroatoms. The first kappa shape index (κ1) is 11.5. The maximum Gasteiger partial charge on any atom is 0.232 e. The number of fused-ring (bicyclic) bond motifs is 1. The van der Waals surface area contributed by atoms with Crippen molar-refractivity contribution in [2.45, 2.75) is 32.7 Å². The fraction of sp³-hybridized carbons (Fsp3) is 0.750. The average Bonchev–Trinajstić information content (AvgIpc) is 2.57. The highest BCUT2D eigenvalue weighted by atomic mass is 16.2. The van der Waals surface area contributed by atoms with E-state index in [0.29, 0.717) is 12.3 Å². The Morgan fingerprint density at radius 3 is 2.62 bits per heavy atom. The quantitative estimate of drug-likeness (QED) is 0.751. The molecule has 2 heterocycles. The Hall–Kier alpha value is -1.03. The molecule has 0 saturated carbocycles. The van der Waals surface area contributed by atoms with Gasteiger partial charge in [-0.3, -0.25) is 9.69 Å². The van der Waals surface area contributed by atoms with E-state index < -0.39 is 0 Å². The van der Waals surface area contributed by atoms with Crippen LogP contribution in [0.5, 0.6) is 0 Å². The van der Waals surface area contributed by atoms with E-state index in [-0.39, 0.29) is 11.9 Å². The molecule has 90 valence electrons. The highest BCUT2D eigenvalue weighted by molar-refractivity contribution is 5.84. The smallest absolute Gasteiger partial charge is 0.232 e. The number of hydrogen-bond donors (Lipinski definition) is 1. The van der Waals surface area contributed by atoms with E-state index in [0.717, 1.165) is 30.9 Å². The van der Waals surface area contributed by atoms with Gasteiger partial charge in [-0.25, -0.2) is 0 Å². The van der Waals surface area contributed by atoms with E-state index >= 15 is 0 Å². The molecule has 0 aromatic heterocycles. The molecule has 1 fully saturated rings. The first-order valence-electron chi connectivity index (χ1n) is 6.02. The first-order chi connectivity index (χ1) is 7.52. The Labute approximate surface area is 97.1 Å². The topological polar surface area (TPSA) is 49.6 Å². The van der Waals surface area contributed by atoms with Gasteiger partial charge in [0.15, 0.2) is 0 Å². The molecule has 2 rings (SSSR count). The summed E-state index contributed by atoms with van der Waals surface area (Å²) >= 11 is 0. The minimum atomic E-state index is 0.00417. The average molecular weight is 223 g/mol. The van der Waals surface area contributed by atoms with E-state index in [2.05, 4.69) is 18.7 Å². The van der Waals surface area contributed by atoms with Crippen molar-refractivity contribution in [3.63, 3.8) is 0 Å². The zero-order valence-electron chi connectivity index (χ0n) is 10.4. The molecule has 16 heavy (non-hydrogen) atoms. The van der Waals surface area contributed by atoms with Crippen LogP contribution >= 0.6 is 0 Å². The second-order valence-electron chi connectivity index (χ2n) is 5.12. The molecule has 1 saturated heterocycles. The molecule has 0 bridgehead atoms. The third kappa shape index (κ3) is 1.71. The summed E-state index contributed by atoms with van der Waals surface area (Å²) in [5, 5.41) is 0. The van der Waals surface area contributed by atoms with Crippen molar-refractivity contribution < 1.29 is 4.79 Å². The molecular formula is C12H21N3O. The zero-order valence-corrected chi connectivity index (χ0v) is 10.4. The lowest BCUT2D eigenvalue weighted by molar-refractivity contribution is -0.128. The normalized spacial score (nSPS) is 23.2. The van der Waals surface area contributed by atoms with E-state index in [1.165, 1.54) is 0 Å². The largest absolute Gasteiger partial charge is 0.361 e. The second-order valence-corrected chi connectivity index (χ2v) is 5.12. The number of amides is 1. The lowest BCUT2D eigenvalue weighted by atomic mass is 9.95.